The Morgan fingerprint density at radius 3 is 2.50 bits per heavy atom. The second-order valence-electron chi connectivity index (χ2n) is 10.1. The van der Waals surface area contributed by atoms with Gasteiger partial charge in [0.25, 0.3) is 5.91 Å². The number of benzene rings is 1. The lowest BCUT2D eigenvalue weighted by atomic mass is 9.76. The van der Waals surface area contributed by atoms with Crippen LogP contribution in [0, 0.1) is 11.3 Å². The van der Waals surface area contributed by atoms with Crippen molar-refractivity contribution in [3.8, 4) is 6.07 Å². The van der Waals surface area contributed by atoms with Gasteiger partial charge >= 0.3 is 13.2 Å². The Kier molecular flexibility index (Phi) is 9.93. The molecule has 1 aromatic rings. The number of piperidine rings is 1. The first-order valence-corrected chi connectivity index (χ1v) is 12.7. The first kappa shape index (κ1) is 27.7. The minimum atomic E-state index is -1.76. The van der Waals surface area contributed by atoms with Crippen LogP contribution in [-0.4, -0.2) is 82.7 Å². The highest BCUT2D eigenvalue weighted by Crippen LogP contribution is 2.25. The molecule has 3 N–H and O–H groups in total. The van der Waals surface area contributed by atoms with Crippen LogP contribution in [-0.2, 0) is 16.0 Å². The van der Waals surface area contributed by atoms with Crippen molar-refractivity contribution in [2.24, 2.45) is 0 Å². The number of carbonyl (C=O) groups is 2. The predicted molar refractivity (Wildman–Crippen MR) is 137 cm³/mol. The quantitative estimate of drug-likeness (QED) is 0.271. The summed E-state index contributed by atoms with van der Waals surface area (Å²) in [4.78, 5) is 29.7. The zero-order valence-electron chi connectivity index (χ0n) is 21.2. The van der Waals surface area contributed by atoms with E-state index >= 15 is 0 Å². The summed E-state index contributed by atoms with van der Waals surface area (Å²) in [5, 5.41) is 31.7. The molecule has 9 nitrogen and oxygen atoms in total. The molecule has 2 aliphatic heterocycles. The first-order chi connectivity index (χ1) is 17.2. The molecule has 2 amide bonds. The Balaban J connectivity index is 1.61. The summed E-state index contributed by atoms with van der Waals surface area (Å²) in [5.74, 6) is -1.28. The second kappa shape index (κ2) is 12.9. The number of nitrogens with one attached hydrogen (secondary N) is 1. The van der Waals surface area contributed by atoms with Crippen molar-refractivity contribution >= 4 is 19.1 Å². The van der Waals surface area contributed by atoms with Crippen LogP contribution in [0.5, 0.6) is 0 Å². The van der Waals surface area contributed by atoms with Crippen molar-refractivity contribution in [3.63, 3.8) is 0 Å². The van der Waals surface area contributed by atoms with E-state index in [-0.39, 0.29) is 30.5 Å². The number of nitrogens with zero attached hydrogens (tertiary/aromatic N) is 3. The summed E-state index contributed by atoms with van der Waals surface area (Å²) >= 11 is 0. The molecule has 2 saturated heterocycles. The molecule has 0 aromatic heterocycles. The van der Waals surface area contributed by atoms with Gasteiger partial charge in [0.2, 0.25) is 0 Å². The third-order valence-electron chi connectivity index (χ3n) is 7.03. The van der Waals surface area contributed by atoms with Gasteiger partial charge in [-0.25, -0.2) is 4.79 Å². The van der Waals surface area contributed by atoms with Crippen molar-refractivity contribution < 1.29 is 24.4 Å². The zero-order valence-corrected chi connectivity index (χ0v) is 21.2. The Morgan fingerprint density at radius 2 is 1.86 bits per heavy atom. The summed E-state index contributed by atoms with van der Waals surface area (Å²) in [7, 11) is -1.76. The fourth-order valence-electron chi connectivity index (χ4n) is 4.94. The Hall–Kier alpha value is -2.87. The monoisotopic (exact) mass is 496 g/mol. The number of hydrogen-bond acceptors (Lipinski definition) is 7. The molecular formula is C26H37BN4O5. The van der Waals surface area contributed by atoms with Gasteiger partial charge in [-0.1, -0.05) is 30.3 Å². The topological polar surface area (TPSA) is 126 Å². The van der Waals surface area contributed by atoms with Gasteiger partial charge in [0, 0.05) is 12.1 Å². The lowest BCUT2D eigenvalue weighted by Gasteiger charge is -2.36. The lowest BCUT2D eigenvalue weighted by Crippen LogP contribution is -2.50. The number of hydrogen-bond donors (Lipinski definition) is 3. The van der Waals surface area contributed by atoms with Crippen LogP contribution < -0.4 is 5.32 Å². The highest BCUT2D eigenvalue weighted by atomic mass is 16.5. The van der Waals surface area contributed by atoms with Crippen molar-refractivity contribution in [3.05, 3.63) is 47.5 Å². The van der Waals surface area contributed by atoms with Crippen LogP contribution in [0.25, 0.3) is 0 Å². The summed E-state index contributed by atoms with van der Waals surface area (Å²) < 4.78 is 5.40. The Bertz CT molecular complexity index is 957. The van der Waals surface area contributed by atoms with E-state index in [0.29, 0.717) is 13.0 Å². The molecule has 2 heterocycles. The first-order valence-electron chi connectivity index (χ1n) is 12.7. The van der Waals surface area contributed by atoms with E-state index in [1.54, 1.807) is 11.0 Å². The number of carbonyl (C=O) groups excluding carboxylic acids is 2. The van der Waals surface area contributed by atoms with E-state index in [1.165, 1.54) is 0 Å². The van der Waals surface area contributed by atoms with Crippen LogP contribution >= 0.6 is 0 Å². The van der Waals surface area contributed by atoms with Gasteiger partial charge in [-0.15, -0.1) is 0 Å². The van der Waals surface area contributed by atoms with E-state index in [9.17, 15) is 24.9 Å². The molecule has 2 fully saturated rings. The third-order valence-corrected chi connectivity index (χ3v) is 7.03. The standard InChI is InChI=1S/C26H37BN4O5/c1-26(2,30-13-8-9-14-30)17-21(18-28)24(32)31-15-7-6-12-22(31)19-36-25(33)29-23(27(34)35)16-20-10-4-3-5-11-20/h3-5,10-11,17,22-23,34-35H,6-9,12-16,19H2,1-2H3,(H,29,33)/t22-,23?/m1/s1. The minimum Gasteiger partial charge on any atom is -0.447 e. The molecule has 1 aromatic carbocycles. The predicted octanol–water partition coefficient (Wildman–Crippen LogP) is 2.04. The summed E-state index contributed by atoms with van der Waals surface area (Å²) in [6.07, 6.45) is 5.79. The van der Waals surface area contributed by atoms with Gasteiger partial charge in [-0.05, 0) is 77.1 Å². The van der Waals surface area contributed by atoms with Gasteiger partial charge in [0.05, 0.1) is 12.0 Å². The number of amides is 2. The van der Waals surface area contributed by atoms with Crippen LogP contribution in [0.3, 0.4) is 0 Å². The maximum Gasteiger partial charge on any atom is 0.475 e. The smallest absolute Gasteiger partial charge is 0.447 e. The number of rotatable bonds is 9. The Morgan fingerprint density at radius 1 is 1.19 bits per heavy atom. The van der Waals surface area contributed by atoms with Crippen molar-refractivity contribution in [2.45, 2.75) is 69.9 Å². The highest BCUT2D eigenvalue weighted by Gasteiger charge is 2.34. The molecule has 3 rings (SSSR count). The number of nitriles is 1. The highest BCUT2D eigenvalue weighted by molar-refractivity contribution is 6.43. The summed E-state index contributed by atoms with van der Waals surface area (Å²) in [6, 6.07) is 10.9. The largest absolute Gasteiger partial charge is 0.475 e. The van der Waals surface area contributed by atoms with Crippen molar-refractivity contribution in [2.75, 3.05) is 26.2 Å². The van der Waals surface area contributed by atoms with Gasteiger partial charge in [-0.2, -0.15) is 5.26 Å². The fourth-order valence-corrected chi connectivity index (χ4v) is 4.94. The molecule has 2 aliphatic rings. The number of alkyl carbamates (subject to hydrolysis) is 1. The van der Waals surface area contributed by atoms with E-state index in [0.717, 1.165) is 44.3 Å². The molecule has 1 unspecified atom stereocenters. The van der Waals surface area contributed by atoms with Gasteiger partial charge < -0.3 is 25.0 Å². The number of likely N-dealkylation sites (tertiary alicyclic amines) is 2. The molecule has 0 saturated carbocycles. The molecule has 0 bridgehead atoms. The third kappa shape index (κ3) is 7.57. The maximum atomic E-state index is 13.3. The molecule has 0 spiro atoms. The van der Waals surface area contributed by atoms with Gasteiger partial charge in [0.15, 0.2) is 0 Å². The average molecular weight is 496 g/mol. The molecular weight excluding hydrogens is 459 g/mol. The van der Waals surface area contributed by atoms with Gasteiger partial charge in [0.1, 0.15) is 18.2 Å². The molecule has 36 heavy (non-hydrogen) atoms. The summed E-state index contributed by atoms with van der Waals surface area (Å²) in [6.45, 7) is 6.38. The van der Waals surface area contributed by atoms with Crippen molar-refractivity contribution in [1.82, 2.24) is 15.1 Å². The maximum absolute atomic E-state index is 13.3. The molecule has 194 valence electrons. The van der Waals surface area contributed by atoms with E-state index in [2.05, 4.69) is 16.3 Å². The Labute approximate surface area is 213 Å². The van der Waals surface area contributed by atoms with E-state index in [1.807, 2.05) is 44.2 Å². The summed E-state index contributed by atoms with van der Waals surface area (Å²) in [5.41, 5.74) is 0.542. The van der Waals surface area contributed by atoms with Crippen LogP contribution in [0.4, 0.5) is 4.79 Å². The van der Waals surface area contributed by atoms with Gasteiger partial charge in [-0.3, -0.25) is 9.69 Å². The van der Waals surface area contributed by atoms with E-state index in [4.69, 9.17) is 4.74 Å². The SMILES string of the molecule is CC(C)(C=C(C#N)C(=O)N1CCCC[C@@H]1COC(=O)NC(Cc1ccccc1)B(O)O)N1CCCC1. The van der Waals surface area contributed by atoms with Crippen LogP contribution in [0.1, 0.15) is 51.5 Å². The second-order valence-corrected chi connectivity index (χ2v) is 10.1. The average Bonchev–Trinajstić information content (AvgIpc) is 3.42. The normalized spacial score (nSPS) is 19.9. The molecule has 0 radical (unpaired) electrons. The number of ether oxygens (including phenoxy) is 1. The van der Waals surface area contributed by atoms with Crippen LogP contribution in [0.2, 0.25) is 0 Å². The minimum absolute atomic E-state index is 0.0363. The molecule has 2 atom stereocenters. The fraction of sp³-hybridized carbons (Fsp3) is 0.577. The molecule has 0 aliphatic carbocycles. The zero-order chi connectivity index (χ0) is 26.1. The van der Waals surface area contributed by atoms with E-state index < -0.39 is 24.7 Å². The van der Waals surface area contributed by atoms with Crippen LogP contribution in [0.15, 0.2) is 42.0 Å². The lowest BCUT2D eigenvalue weighted by molar-refractivity contribution is -0.131. The van der Waals surface area contributed by atoms with Crippen molar-refractivity contribution in [1.29, 1.82) is 5.26 Å². The molecule has 10 heteroatoms.